The molecule has 7 heteroatoms. The fourth-order valence-electron chi connectivity index (χ4n) is 1.19. The lowest BCUT2D eigenvalue weighted by Gasteiger charge is -2.08. The van der Waals surface area contributed by atoms with Gasteiger partial charge in [-0.25, -0.2) is 0 Å². The van der Waals surface area contributed by atoms with Gasteiger partial charge >= 0.3 is 5.69 Å². The highest BCUT2D eigenvalue weighted by molar-refractivity contribution is 6.42. The van der Waals surface area contributed by atoms with Crippen molar-refractivity contribution in [1.29, 1.82) is 0 Å². The van der Waals surface area contributed by atoms with E-state index in [4.69, 9.17) is 27.9 Å². The summed E-state index contributed by atoms with van der Waals surface area (Å²) in [6.45, 7) is 3.70. The number of halogens is 2. The highest BCUT2D eigenvalue weighted by Gasteiger charge is 2.18. The Kier molecular flexibility index (Phi) is 5.47. The summed E-state index contributed by atoms with van der Waals surface area (Å²) in [7, 11) is 0. The van der Waals surface area contributed by atoms with Crippen LogP contribution in [0.3, 0.4) is 0 Å². The zero-order valence-electron chi connectivity index (χ0n) is 9.20. The molecule has 0 aromatic heterocycles. The number of rotatable bonds is 6. The fraction of sp³-hybridized carbons (Fsp3) is 0.400. The Morgan fingerprint density at radius 2 is 2.06 bits per heavy atom. The number of hydrogen-bond donors (Lipinski definition) is 1. The fourth-order valence-corrected chi connectivity index (χ4v) is 1.50. The number of nitrogens with zero attached hydrogens (tertiary/aromatic N) is 1. The van der Waals surface area contributed by atoms with Gasteiger partial charge in [0.05, 0.1) is 15.0 Å². The number of likely N-dealkylation sites (N-methyl/N-ethyl adjacent to an activating group) is 1. The van der Waals surface area contributed by atoms with Crippen LogP contribution >= 0.6 is 23.2 Å². The van der Waals surface area contributed by atoms with Gasteiger partial charge in [0.2, 0.25) is 0 Å². The SMILES string of the molecule is CCNCCOc1cc(Cl)c(Cl)cc1[N+](=O)[O-]. The molecule has 0 fully saturated rings. The molecule has 17 heavy (non-hydrogen) atoms. The molecule has 0 spiro atoms. The first-order valence-electron chi connectivity index (χ1n) is 5.03. The Hall–Kier alpha value is -1.04. The van der Waals surface area contributed by atoms with Crippen molar-refractivity contribution in [2.24, 2.45) is 0 Å². The van der Waals surface area contributed by atoms with Gasteiger partial charge in [-0.3, -0.25) is 10.1 Å². The minimum absolute atomic E-state index is 0.127. The number of benzene rings is 1. The summed E-state index contributed by atoms with van der Waals surface area (Å²) in [6, 6.07) is 2.54. The van der Waals surface area contributed by atoms with Gasteiger partial charge in [0.25, 0.3) is 0 Å². The summed E-state index contributed by atoms with van der Waals surface area (Å²) in [5.41, 5.74) is -0.184. The van der Waals surface area contributed by atoms with E-state index < -0.39 is 4.92 Å². The van der Waals surface area contributed by atoms with Crippen LogP contribution in [0.15, 0.2) is 12.1 Å². The van der Waals surface area contributed by atoms with Crippen LogP contribution < -0.4 is 10.1 Å². The topological polar surface area (TPSA) is 64.4 Å². The molecular weight excluding hydrogens is 267 g/mol. The Bertz CT molecular complexity index is 413. The zero-order chi connectivity index (χ0) is 12.8. The van der Waals surface area contributed by atoms with Crippen molar-refractivity contribution in [3.05, 3.63) is 32.3 Å². The molecule has 0 aliphatic carbocycles. The lowest BCUT2D eigenvalue weighted by Crippen LogP contribution is -2.20. The Morgan fingerprint density at radius 1 is 1.41 bits per heavy atom. The lowest BCUT2D eigenvalue weighted by molar-refractivity contribution is -0.385. The first-order chi connectivity index (χ1) is 8.06. The smallest absolute Gasteiger partial charge is 0.312 e. The van der Waals surface area contributed by atoms with E-state index in [0.717, 1.165) is 6.54 Å². The Morgan fingerprint density at radius 3 is 2.65 bits per heavy atom. The van der Waals surface area contributed by atoms with Crippen molar-refractivity contribution in [2.45, 2.75) is 6.92 Å². The molecule has 0 atom stereocenters. The van der Waals surface area contributed by atoms with Crippen LogP contribution in [0.1, 0.15) is 6.92 Å². The second-order valence-electron chi connectivity index (χ2n) is 3.19. The molecule has 1 aromatic carbocycles. The third-order valence-electron chi connectivity index (χ3n) is 1.98. The molecular formula is C10H12Cl2N2O3. The predicted molar refractivity (Wildman–Crippen MR) is 67.2 cm³/mol. The predicted octanol–water partition coefficient (Wildman–Crippen LogP) is 2.89. The van der Waals surface area contributed by atoms with Gasteiger partial charge in [0.15, 0.2) is 5.75 Å². The van der Waals surface area contributed by atoms with Gasteiger partial charge in [-0.15, -0.1) is 0 Å². The highest BCUT2D eigenvalue weighted by atomic mass is 35.5. The van der Waals surface area contributed by atoms with Crippen molar-refractivity contribution >= 4 is 28.9 Å². The van der Waals surface area contributed by atoms with E-state index in [1.165, 1.54) is 12.1 Å². The second-order valence-corrected chi connectivity index (χ2v) is 4.01. The van der Waals surface area contributed by atoms with Crippen molar-refractivity contribution < 1.29 is 9.66 Å². The minimum atomic E-state index is -0.551. The first kappa shape index (κ1) is 14.0. The van der Waals surface area contributed by atoms with Gasteiger partial charge in [-0.2, -0.15) is 0 Å². The van der Waals surface area contributed by atoms with Gasteiger partial charge < -0.3 is 10.1 Å². The zero-order valence-corrected chi connectivity index (χ0v) is 10.7. The first-order valence-corrected chi connectivity index (χ1v) is 5.78. The lowest BCUT2D eigenvalue weighted by atomic mass is 10.3. The van der Waals surface area contributed by atoms with Crippen LogP contribution in [0.4, 0.5) is 5.69 Å². The van der Waals surface area contributed by atoms with Crippen LogP contribution in [0.25, 0.3) is 0 Å². The quantitative estimate of drug-likeness (QED) is 0.494. The average Bonchev–Trinajstić information content (AvgIpc) is 2.28. The highest BCUT2D eigenvalue weighted by Crippen LogP contribution is 2.35. The normalized spacial score (nSPS) is 10.3. The molecule has 0 bridgehead atoms. The van der Waals surface area contributed by atoms with Crippen molar-refractivity contribution in [3.8, 4) is 5.75 Å². The van der Waals surface area contributed by atoms with Gasteiger partial charge in [-0.1, -0.05) is 30.1 Å². The number of nitrogens with one attached hydrogen (secondary N) is 1. The largest absolute Gasteiger partial charge is 0.485 e. The Balaban J connectivity index is 2.81. The molecule has 1 rings (SSSR count). The number of ether oxygens (including phenoxy) is 1. The van der Waals surface area contributed by atoms with Gasteiger partial charge in [0, 0.05) is 18.7 Å². The molecule has 0 amide bonds. The average molecular weight is 279 g/mol. The third-order valence-corrected chi connectivity index (χ3v) is 2.71. The second kappa shape index (κ2) is 6.64. The van der Waals surface area contributed by atoms with Crippen molar-refractivity contribution in [1.82, 2.24) is 5.32 Å². The summed E-state index contributed by atoms with van der Waals surface area (Å²) in [6.07, 6.45) is 0. The molecule has 0 unspecified atom stereocenters. The van der Waals surface area contributed by atoms with Crippen molar-refractivity contribution in [2.75, 3.05) is 19.7 Å². The van der Waals surface area contributed by atoms with Crippen LogP contribution in [-0.4, -0.2) is 24.6 Å². The van der Waals surface area contributed by atoms with E-state index in [1.54, 1.807) is 0 Å². The molecule has 1 N–H and O–H groups in total. The van der Waals surface area contributed by atoms with Crippen LogP contribution in [-0.2, 0) is 0 Å². The maximum Gasteiger partial charge on any atom is 0.312 e. The molecule has 94 valence electrons. The van der Waals surface area contributed by atoms with Crippen LogP contribution in [0, 0.1) is 10.1 Å². The number of hydrogen-bond acceptors (Lipinski definition) is 4. The van der Waals surface area contributed by atoms with Gasteiger partial charge in [-0.05, 0) is 6.54 Å². The molecule has 0 heterocycles. The summed E-state index contributed by atoms with van der Waals surface area (Å²) >= 11 is 11.5. The van der Waals surface area contributed by atoms with Crippen LogP contribution in [0.2, 0.25) is 10.0 Å². The molecule has 0 radical (unpaired) electrons. The van der Waals surface area contributed by atoms with E-state index in [1.807, 2.05) is 6.92 Å². The van der Waals surface area contributed by atoms with E-state index in [-0.39, 0.29) is 21.5 Å². The number of nitro groups is 1. The van der Waals surface area contributed by atoms with E-state index in [0.29, 0.717) is 13.2 Å². The molecule has 1 aromatic rings. The molecule has 5 nitrogen and oxygen atoms in total. The van der Waals surface area contributed by atoms with Crippen LogP contribution in [0.5, 0.6) is 5.75 Å². The summed E-state index contributed by atoms with van der Waals surface area (Å²) in [4.78, 5) is 10.2. The third kappa shape index (κ3) is 4.03. The van der Waals surface area contributed by atoms with E-state index in [9.17, 15) is 10.1 Å². The number of nitro benzene ring substituents is 1. The van der Waals surface area contributed by atoms with E-state index in [2.05, 4.69) is 5.32 Å². The monoisotopic (exact) mass is 278 g/mol. The summed E-state index contributed by atoms with van der Waals surface area (Å²) in [5.74, 6) is 0.127. The molecule has 0 aliphatic heterocycles. The van der Waals surface area contributed by atoms with Crippen molar-refractivity contribution in [3.63, 3.8) is 0 Å². The molecule has 0 aliphatic rings. The standard InChI is InChI=1S/C10H12Cl2N2O3/c1-2-13-3-4-17-10-6-8(12)7(11)5-9(10)14(15)16/h5-6,13H,2-4H2,1H3. The summed E-state index contributed by atoms with van der Waals surface area (Å²) in [5, 5.41) is 14.2. The van der Waals surface area contributed by atoms with E-state index >= 15 is 0 Å². The Labute approximate surface area is 109 Å². The maximum absolute atomic E-state index is 10.8. The molecule has 0 saturated heterocycles. The minimum Gasteiger partial charge on any atom is -0.485 e. The maximum atomic E-state index is 10.8. The summed E-state index contributed by atoms with van der Waals surface area (Å²) < 4.78 is 5.29. The molecule has 0 saturated carbocycles. The van der Waals surface area contributed by atoms with Gasteiger partial charge in [0.1, 0.15) is 6.61 Å².